The molecule has 11 rings (SSSR count). The molecule has 6 aromatic carbocycles. The van der Waals surface area contributed by atoms with Crippen molar-refractivity contribution in [3.8, 4) is 11.1 Å². The number of fused-ring (bicyclic) bond motifs is 18. The monoisotopic (exact) mass is 537 g/mol. The maximum atomic E-state index is 5.39. The molecular formula is C37H23N5. The van der Waals surface area contributed by atoms with E-state index in [0.29, 0.717) is 0 Å². The number of benzene rings is 6. The zero-order chi connectivity index (χ0) is 27.5. The Morgan fingerprint density at radius 2 is 1.17 bits per heavy atom. The third-order valence-electron chi connectivity index (χ3n) is 9.95. The molecule has 0 fully saturated rings. The average molecular weight is 538 g/mol. The minimum absolute atomic E-state index is 0.0665. The molecule has 0 unspecified atom stereocenters. The van der Waals surface area contributed by atoms with Crippen molar-refractivity contribution < 1.29 is 0 Å². The van der Waals surface area contributed by atoms with Gasteiger partial charge < -0.3 is 0 Å². The van der Waals surface area contributed by atoms with E-state index in [1.165, 1.54) is 43.8 Å². The Morgan fingerprint density at radius 1 is 0.500 bits per heavy atom. The normalized spacial score (nSPS) is 14.6. The Morgan fingerprint density at radius 3 is 2.00 bits per heavy atom. The van der Waals surface area contributed by atoms with Gasteiger partial charge in [0.25, 0.3) is 0 Å². The third kappa shape index (κ3) is 2.19. The molecule has 4 heterocycles. The molecule has 1 aliphatic rings. The molecule has 0 spiro atoms. The van der Waals surface area contributed by atoms with Gasteiger partial charge in [-0.2, -0.15) is 0 Å². The lowest BCUT2D eigenvalue weighted by molar-refractivity contribution is 0.661. The minimum atomic E-state index is -0.0665. The van der Waals surface area contributed by atoms with Crippen molar-refractivity contribution in [1.82, 2.24) is 23.2 Å². The maximum absolute atomic E-state index is 5.39. The van der Waals surface area contributed by atoms with Crippen LogP contribution in [-0.2, 0) is 5.41 Å². The zero-order valence-corrected chi connectivity index (χ0v) is 23.1. The first-order valence-corrected chi connectivity index (χ1v) is 14.5. The van der Waals surface area contributed by atoms with E-state index >= 15 is 0 Å². The van der Waals surface area contributed by atoms with Crippen LogP contribution in [0, 0.1) is 0 Å². The summed E-state index contributed by atoms with van der Waals surface area (Å²) in [7, 11) is 0. The number of hydrogen-bond donors (Lipinski definition) is 0. The van der Waals surface area contributed by atoms with Crippen LogP contribution < -0.4 is 0 Å². The van der Waals surface area contributed by atoms with Crippen LogP contribution in [0.15, 0.2) is 103 Å². The van der Waals surface area contributed by atoms with Gasteiger partial charge >= 0.3 is 0 Å². The number of hydrogen-bond acceptors (Lipinski definition) is 2. The predicted molar refractivity (Wildman–Crippen MR) is 171 cm³/mol. The van der Waals surface area contributed by atoms with Crippen molar-refractivity contribution in [2.24, 2.45) is 0 Å². The smallest absolute Gasteiger partial charge is 0.223 e. The van der Waals surface area contributed by atoms with E-state index in [1.54, 1.807) is 0 Å². The Balaban J connectivity index is 1.36. The SMILES string of the molecule is CC1(C)c2ccccc2-c2cc3c(cc21)nc1n3c2cccc3c2n1c1nc2c4ccccc4c4ccccc4c2n31. The van der Waals surface area contributed by atoms with Crippen LogP contribution in [0.3, 0.4) is 0 Å². The highest BCUT2D eigenvalue weighted by atomic mass is 15.3. The third-order valence-corrected chi connectivity index (χ3v) is 9.95. The van der Waals surface area contributed by atoms with Crippen LogP contribution in [-0.4, -0.2) is 23.2 Å². The van der Waals surface area contributed by atoms with Gasteiger partial charge in [-0.15, -0.1) is 0 Å². The Bertz CT molecular complexity index is 2820. The maximum Gasteiger partial charge on any atom is 0.223 e. The Labute approximate surface area is 239 Å². The lowest BCUT2D eigenvalue weighted by atomic mass is 9.82. The van der Waals surface area contributed by atoms with Gasteiger partial charge in [0.1, 0.15) is 5.52 Å². The summed E-state index contributed by atoms with van der Waals surface area (Å²) in [5.74, 6) is 1.81. The molecule has 5 heteroatoms. The molecule has 4 aromatic heterocycles. The lowest BCUT2D eigenvalue weighted by Crippen LogP contribution is -2.14. The van der Waals surface area contributed by atoms with Crippen LogP contribution >= 0.6 is 0 Å². The van der Waals surface area contributed by atoms with E-state index < -0.39 is 0 Å². The van der Waals surface area contributed by atoms with Crippen molar-refractivity contribution in [3.63, 3.8) is 0 Å². The van der Waals surface area contributed by atoms with Gasteiger partial charge in [0.15, 0.2) is 0 Å². The summed E-state index contributed by atoms with van der Waals surface area (Å²) in [6.07, 6.45) is 0. The van der Waals surface area contributed by atoms with Crippen LogP contribution in [0.25, 0.3) is 82.8 Å². The van der Waals surface area contributed by atoms with E-state index in [4.69, 9.17) is 9.97 Å². The van der Waals surface area contributed by atoms with Gasteiger partial charge in [0, 0.05) is 16.2 Å². The molecule has 0 radical (unpaired) electrons. The fourth-order valence-corrected chi connectivity index (χ4v) is 8.12. The molecule has 0 atom stereocenters. The number of rotatable bonds is 0. The van der Waals surface area contributed by atoms with E-state index in [0.717, 1.165) is 50.2 Å². The van der Waals surface area contributed by atoms with Crippen LogP contribution in [0.1, 0.15) is 25.0 Å². The molecule has 0 saturated heterocycles. The Hall–Kier alpha value is -5.42. The first-order chi connectivity index (χ1) is 20.6. The largest absolute Gasteiger partial charge is 0.276 e. The number of aromatic nitrogens is 5. The fourth-order valence-electron chi connectivity index (χ4n) is 8.12. The quantitative estimate of drug-likeness (QED) is 0.181. The standard InChI is InChI=1S/C37H23N5/c1-37(2)26-15-8-7-12-22(26)25-18-31-28(19-27(25)37)38-35-40(31)29-16-9-17-30-34(29)42(35)36-39-32-23-13-5-3-10-20(23)21-11-4-6-14-24(21)33(32)41(30)36/h3-19H,1-2H3. The van der Waals surface area contributed by atoms with Gasteiger partial charge in [-0.25, -0.2) is 14.4 Å². The highest BCUT2D eigenvalue weighted by Crippen LogP contribution is 2.50. The van der Waals surface area contributed by atoms with Crippen LogP contribution in [0.2, 0.25) is 0 Å². The lowest BCUT2D eigenvalue weighted by Gasteiger charge is -2.21. The van der Waals surface area contributed by atoms with Crippen LogP contribution in [0.4, 0.5) is 0 Å². The number of imidazole rings is 4. The topological polar surface area (TPSA) is 39.0 Å². The summed E-state index contributed by atoms with van der Waals surface area (Å²) in [4.78, 5) is 10.7. The van der Waals surface area contributed by atoms with Gasteiger partial charge in [-0.1, -0.05) is 92.7 Å². The molecule has 0 saturated carbocycles. The van der Waals surface area contributed by atoms with Crippen molar-refractivity contribution in [2.45, 2.75) is 19.3 Å². The van der Waals surface area contributed by atoms with E-state index in [-0.39, 0.29) is 5.41 Å². The Kier molecular flexibility index (Phi) is 3.41. The molecule has 5 nitrogen and oxygen atoms in total. The second-order valence-corrected chi connectivity index (χ2v) is 12.3. The molecule has 10 aromatic rings. The van der Waals surface area contributed by atoms with Gasteiger partial charge in [0.05, 0.1) is 33.1 Å². The minimum Gasteiger partial charge on any atom is -0.276 e. The molecule has 0 N–H and O–H groups in total. The van der Waals surface area contributed by atoms with Crippen LogP contribution in [0.5, 0.6) is 0 Å². The summed E-state index contributed by atoms with van der Waals surface area (Å²) in [6, 6.07) is 37.5. The fraction of sp³-hybridized carbons (Fsp3) is 0.0811. The van der Waals surface area contributed by atoms with E-state index in [9.17, 15) is 0 Å². The molecule has 0 amide bonds. The molecular weight excluding hydrogens is 514 g/mol. The highest BCUT2D eigenvalue weighted by molar-refractivity contribution is 6.25. The van der Waals surface area contributed by atoms with Gasteiger partial charge in [-0.05, 0) is 57.3 Å². The number of para-hydroxylation sites is 1. The van der Waals surface area contributed by atoms with E-state index in [2.05, 4.69) is 130 Å². The second kappa shape index (κ2) is 6.72. The second-order valence-electron chi connectivity index (χ2n) is 12.3. The highest BCUT2D eigenvalue weighted by Gasteiger charge is 2.36. The molecule has 0 bridgehead atoms. The van der Waals surface area contributed by atoms with Crippen molar-refractivity contribution in [1.29, 1.82) is 0 Å². The van der Waals surface area contributed by atoms with Gasteiger partial charge in [0.2, 0.25) is 11.6 Å². The summed E-state index contributed by atoms with van der Waals surface area (Å²) in [5, 5.41) is 4.88. The summed E-state index contributed by atoms with van der Waals surface area (Å²) < 4.78 is 6.96. The predicted octanol–water partition coefficient (Wildman–Crippen LogP) is 8.74. The molecule has 1 aliphatic carbocycles. The first-order valence-electron chi connectivity index (χ1n) is 14.5. The molecule has 196 valence electrons. The van der Waals surface area contributed by atoms with Crippen molar-refractivity contribution in [2.75, 3.05) is 0 Å². The van der Waals surface area contributed by atoms with E-state index in [1.807, 2.05) is 0 Å². The average Bonchev–Trinajstić information content (AvgIpc) is 3.79. The summed E-state index contributed by atoms with van der Waals surface area (Å²) in [6.45, 7) is 4.65. The number of nitrogens with zero attached hydrogens (tertiary/aromatic N) is 5. The first kappa shape index (κ1) is 21.3. The van der Waals surface area contributed by atoms with Crippen molar-refractivity contribution in [3.05, 3.63) is 114 Å². The summed E-state index contributed by atoms with van der Waals surface area (Å²) in [5.41, 5.74) is 13.1. The zero-order valence-electron chi connectivity index (χ0n) is 23.1. The molecule has 42 heavy (non-hydrogen) atoms. The van der Waals surface area contributed by atoms with Gasteiger partial charge in [-0.3, -0.25) is 8.80 Å². The summed E-state index contributed by atoms with van der Waals surface area (Å²) >= 11 is 0. The van der Waals surface area contributed by atoms with Crippen molar-refractivity contribution >= 4 is 71.7 Å². The molecule has 0 aliphatic heterocycles.